The molecule has 7 nitrogen and oxygen atoms in total. The van der Waals surface area contributed by atoms with Crippen LogP contribution in [0.2, 0.25) is 0 Å². The predicted octanol–water partition coefficient (Wildman–Crippen LogP) is 2.22. The zero-order chi connectivity index (χ0) is 17.6. The van der Waals surface area contributed by atoms with Gasteiger partial charge in [0.05, 0.1) is 19.3 Å². The third-order valence-corrected chi connectivity index (χ3v) is 4.84. The lowest BCUT2D eigenvalue weighted by Crippen LogP contribution is -2.36. The Hall–Kier alpha value is -2.08. The van der Waals surface area contributed by atoms with Crippen LogP contribution in [0.3, 0.4) is 0 Å². The fourth-order valence-corrected chi connectivity index (χ4v) is 3.47. The second-order valence-corrected chi connectivity index (χ2v) is 6.83. The molecule has 2 aliphatic rings. The number of amides is 1. The highest BCUT2D eigenvalue weighted by atomic mass is 31.1. The summed E-state index contributed by atoms with van der Waals surface area (Å²) in [6.45, 7) is 0.634. The van der Waals surface area contributed by atoms with Gasteiger partial charge in [0, 0.05) is 11.8 Å². The average Bonchev–Trinajstić information content (AvgIpc) is 3.10. The van der Waals surface area contributed by atoms with Crippen molar-refractivity contribution in [2.24, 2.45) is 5.73 Å². The SMILES string of the molecule is NC(=O)C1=CC=CN([C@H]2CC[C@@H](CO[PH](=O)Oc3ccccc3)O2)C1. The normalized spacial score (nSPS) is 24.0. The molecule has 2 heterocycles. The molecule has 3 rings (SSSR count). The highest BCUT2D eigenvalue weighted by molar-refractivity contribution is 7.33. The van der Waals surface area contributed by atoms with E-state index < -0.39 is 14.2 Å². The number of ether oxygens (including phenoxy) is 1. The van der Waals surface area contributed by atoms with Crippen LogP contribution in [0.5, 0.6) is 5.75 Å². The molecule has 1 aromatic rings. The number of hydrogen-bond donors (Lipinski definition) is 1. The van der Waals surface area contributed by atoms with Crippen LogP contribution in [-0.2, 0) is 18.6 Å². The lowest BCUT2D eigenvalue weighted by atomic mass is 10.1. The maximum atomic E-state index is 11.9. The number of nitrogens with zero attached hydrogens (tertiary/aromatic N) is 1. The van der Waals surface area contributed by atoms with Gasteiger partial charge in [-0.15, -0.1) is 0 Å². The van der Waals surface area contributed by atoms with E-state index in [1.807, 2.05) is 17.2 Å². The first-order valence-electron chi connectivity index (χ1n) is 8.10. The number of benzene rings is 1. The quantitative estimate of drug-likeness (QED) is 0.746. The Kier molecular flexibility index (Phi) is 5.91. The van der Waals surface area contributed by atoms with E-state index >= 15 is 0 Å². The minimum absolute atomic E-state index is 0.148. The molecule has 0 bridgehead atoms. The van der Waals surface area contributed by atoms with Gasteiger partial charge in [-0.25, -0.2) is 4.57 Å². The largest absolute Gasteiger partial charge is 0.426 e. The van der Waals surface area contributed by atoms with Gasteiger partial charge in [0.1, 0.15) is 12.0 Å². The van der Waals surface area contributed by atoms with Gasteiger partial charge in [-0.1, -0.05) is 24.3 Å². The molecule has 0 radical (unpaired) electrons. The van der Waals surface area contributed by atoms with E-state index in [2.05, 4.69) is 0 Å². The van der Waals surface area contributed by atoms with Crippen molar-refractivity contribution < 1.29 is 23.1 Å². The Morgan fingerprint density at radius 1 is 1.32 bits per heavy atom. The molecule has 2 N–H and O–H groups in total. The monoisotopic (exact) mass is 364 g/mol. The minimum atomic E-state index is -2.62. The molecule has 2 aliphatic heterocycles. The van der Waals surface area contributed by atoms with E-state index in [0.29, 0.717) is 17.9 Å². The lowest BCUT2D eigenvalue weighted by Gasteiger charge is -2.29. The Labute approximate surface area is 147 Å². The van der Waals surface area contributed by atoms with E-state index in [1.165, 1.54) is 0 Å². The summed E-state index contributed by atoms with van der Waals surface area (Å²) < 4.78 is 28.3. The van der Waals surface area contributed by atoms with Crippen molar-refractivity contribution in [3.05, 3.63) is 54.3 Å². The van der Waals surface area contributed by atoms with Gasteiger partial charge in [-0.05, 0) is 31.1 Å². The molecular formula is C17H21N2O5P. The minimum Gasteiger partial charge on any atom is -0.426 e. The first-order chi connectivity index (χ1) is 12.1. The Morgan fingerprint density at radius 3 is 2.88 bits per heavy atom. The second-order valence-electron chi connectivity index (χ2n) is 5.84. The van der Waals surface area contributed by atoms with Crippen LogP contribution in [0.25, 0.3) is 0 Å². The van der Waals surface area contributed by atoms with E-state index in [4.69, 9.17) is 19.5 Å². The molecule has 8 heteroatoms. The van der Waals surface area contributed by atoms with Crippen LogP contribution < -0.4 is 10.3 Å². The molecule has 1 amide bonds. The molecule has 1 saturated heterocycles. The number of hydrogen-bond acceptors (Lipinski definition) is 6. The molecule has 3 atom stereocenters. The van der Waals surface area contributed by atoms with Crippen molar-refractivity contribution in [2.75, 3.05) is 13.2 Å². The molecule has 1 fully saturated rings. The third kappa shape index (κ3) is 4.95. The molecule has 0 aliphatic carbocycles. The molecule has 134 valence electrons. The standard InChI is InChI=1S/C17H21N2O5P/c18-17(20)13-5-4-10-19(11-13)16-9-8-15(23-16)12-22-25(21)24-14-6-2-1-3-7-14/h1-7,10,15-16,25H,8-9,11-12H2,(H2,18,20)/t15-,16+/m0/s1. The van der Waals surface area contributed by atoms with E-state index in [-0.39, 0.29) is 18.9 Å². The maximum absolute atomic E-state index is 11.9. The van der Waals surface area contributed by atoms with Gasteiger partial charge in [-0.3, -0.25) is 9.32 Å². The van der Waals surface area contributed by atoms with Crippen LogP contribution in [0.1, 0.15) is 12.8 Å². The molecular weight excluding hydrogens is 343 g/mol. The van der Waals surface area contributed by atoms with Crippen molar-refractivity contribution in [3.63, 3.8) is 0 Å². The zero-order valence-corrected chi connectivity index (χ0v) is 14.7. The van der Waals surface area contributed by atoms with Gasteiger partial charge >= 0.3 is 8.25 Å². The molecule has 1 aromatic carbocycles. The first kappa shape index (κ1) is 17.7. The number of carbonyl (C=O) groups excluding carboxylic acids is 1. The average molecular weight is 364 g/mol. The number of rotatable bonds is 7. The van der Waals surface area contributed by atoms with Gasteiger partial charge < -0.3 is 19.9 Å². The number of para-hydroxylation sites is 1. The molecule has 1 unspecified atom stereocenters. The van der Waals surface area contributed by atoms with E-state index in [0.717, 1.165) is 12.8 Å². The van der Waals surface area contributed by atoms with Gasteiger partial charge in [0.15, 0.2) is 0 Å². The fraction of sp³-hybridized carbons (Fsp3) is 0.353. The van der Waals surface area contributed by atoms with Gasteiger partial charge in [-0.2, -0.15) is 0 Å². The van der Waals surface area contributed by atoms with Crippen LogP contribution in [0, 0.1) is 0 Å². The van der Waals surface area contributed by atoms with Crippen LogP contribution in [-0.4, -0.2) is 36.3 Å². The maximum Gasteiger partial charge on any atom is 0.367 e. The molecule has 25 heavy (non-hydrogen) atoms. The molecule has 0 spiro atoms. The fourth-order valence-electron chi connectivity index (χ4n) is 2.76. The highest BCUT2D eigenvalue weighted by Crippen LogP contribution is 2.31. The number of nitrogens with two attached hydrogens (primary N) is 1. The Balaban J connectivity index is 1.43. The summed E-state index contributed by atoms with van der Waals surface area (Å²) in [6.07, 6.45) is 6.64. The zero-order valence-electron chi connectivity index (χ0n) is 13.7. The number of allylic oxidation sites excluding steroid dienone is 2. The van der Waals surface area contributed by atoms with Crippen molar-refractivity contribution >= 4 is 14.2 Å². The van der Waals surface area contributed by atoms with Crippen molar-refractivity contribution in [3.8, 4) is 5.75 Å². The molecule has 0 aromatic heterocycles. The summed E-state index contributed by atoms with van der Waals surface area (Å²) in [5, 5.41) is 0. The predicted molar refractivity (Wildman–Crippen MR) is 93.0 cm³/mol. The van der Waals surface area contributed by atoms with Crippen LogP contribution in [0.4, 0.5) is 0 Å². The third-order valence-electron chi connectivity index (χ3n) is 4.03. The van der Waals surface area contributed by atoms with Crippen molar-refractivity contribution in [1.82, 2.24) is 4.90 Å². The summed E-state index contributed by atoms with van der Waals surface area (Å²) in [5.74, 6) is 0.0877. The van der Waals surface area contributed by atoms with Crippen molar-refractivity contribution in [1.29, 1.82) is 0 Å². The summed E-state index contributed by atoms with van der Waals surface area (Å²) in [7, 11) is -2.62. The van der Waals surface area contributed by atoms with Gasteiger partial charge in [0.25, 0.3) is 0 Å². The smallest absolute Gasteiger partial charge is 0.367 e. The summed E-state index contributed by atoms with van der Waals surface area (Å²) >= 11 is 0. The first-order valence-corrected chi connectivity index (χ1v) is 9.32. The lowest BCUT2D eigenvalue weighted by molar-refractivity contribution is -0.115. The number of primary amides is 1. The molecule has 0 saturated carbocycles. The van der Waals surface area contributed by atoms with E-state index in [9.17, 15) is 9.36 Å². The van der Waals surface area contributed by atoms with E-state index in [1.54, 1.807) is 36.4 Å². The number of carbonyl (C=O) groups is 1. The summed E-state index contributed by atoms with van der Waals surface area (Å²) in [4.78, 5) is 13.2. The highest BCUT2D eigenvalue weighted by Gasteiger charge is 2.30. The second kappa shape index (κ2) is 8.34. The van der Waals surface area contributed by atoms with Gasteiger partial charge in [0.2, 0.25) is 5.91 Å². The topological polar surface area (TPSA) is 91.1 Å². The summed E-state index contributed by atoms with van der Waals surface area (Å²) in [5.41, 5.74) is 5.87. The van der Waals surface area contributed by atoms with Crippen LogP contribution in [0.15, 0.2) is 54.3 Å². The Morgan fingerprint density at radius 2 is 2.12 bits per heavy atom. The summed E-state index contributed by atoms with van der Waals surface area (Å²) in [6, 6.07) is 8.90. The Bertz CT molecular complexity index is 692. The van der Waals surface area contributed by atoms with Crippen LogP contribution >= 0.6 is 8.25 Å². The van der Waals surface area contributed by atoms with Crippen molar-refractivity contribution in [2.45, 2.75) is 25.2 Å².